The van der Waals surface area contributed by atoms with E-state index in [9.17, 15) is 14.4 Å². The van der Waals surface area contributed by atoms with E-state index in [4.69, 9.17) is 9.15 Å². The van der Waals surface area contributed by atoms with Crippen molar-refractivity contribution in [2.45, 2.75) is 13.5 Å². The Bertz CT molecular complexity index is 1030. The average molecular weight is 395 g/mol. The molecule has 3 aromatic rings. The van der Waals surface area contributed by atoms with Gasteiger partial charge in [-0.05, 0) is 31.2 Å². The molecule has 0 bridgehead atoms. The highest BCUT2D eigenvalue weighted by molar-refractivity contribution is 6.04. The van der Waals surface area contributed by atoms with E-state index in [1.165, 1.54) is 18.2 Å². The van der Waals surface area contributed by atoms with E-state index in [1.807, 2.05) is 6.07 Å². The van der Waals surface area contributed by atoms with Crippen LogP contribution in [0, 0.1) is 6.92 Å². The zero-order valence-electron chi connectivity index (χ0n) is 16.2. The quantitative estimate of drug-likeness (QED) is 0.615. The zero-order chi connectivity index (χ0) is 20.8. The third-order valence-electron chi connectivity index (χ3n) is 4.24. The normalized spacial score (nSPS) is 10.6. The van der Waals surface area contributed by atoms with Crippen molar-refractivity contribution < 1.29 is 23.5 Å². The molecular weight excluding hydrogens is 374 g/mol. The van der Waals surface area contributed by atoms with Crippen molar-refractivity contribution in [1.82, 2.24) is 15.2 Å². The lowest BCUT2D eigenvalue weighted by atomic mass is 10.1. The molecule has 150 valence electrons. The number of hydrogen-bond acceptors (Lipinski definition) is 6. The number of aryl methyl sites for hydroxylation is 1. The van der Waals surface area contributed by atoms with Crippen LogP contribution in [0.1, 0.15) is 21.8 Å². The largest absolute Gasteiger partial charge is 0.467 e. The molecule has 1 N–H and O–H groups in total. The van der Waals surface area contributed by atoms with Crippen LogP contribution < -0.4 is 5.32 Å². The Balaban J connectivity index is 1.53. The molecule has 0 saturated heterocycles. The van der Waals surface area contributed by atoms with Gasteiger partial charge in [0.25, 0.3) is 5.91 Å². The second kappa shape index (κ2) is 9.01. The summed E-state index contributed by atoms with van der Waals surface area (Å²) in [4.78, 5) is 42.2. The number of benzene rings is 1. The predicted molar refractivity (Wildman–Crippen MR) is 105 cm³/mol. The molecule has 0 spiro atoms. The molecule has 8 nitrogen and oxygen atoms in total. The Kier molecular flexibility index (Phi) is 6.23. The molecule has 0 aliphatic carbocycles. The molecule has 8 heteroatoms. The Labute approximate surface area is 167 Å². The monoisotopic (exact) mass is 395 g/mol. The molecule has 0 atom stereocenters. The number of aromatic nitrogens is 1. The topological polar surface area (TPSA) is 102 Å². The molecule has 2 amide bonds. The first-order chi connectivity index (χ1) is 13.9. The maximum absolute atomic E-state index is 12.5. The lowest BCUT2D eigenvalue weighted by molar-refractivity contribution is -0.137. The first-order valence-corrected chi connectivity index (χ1v) is 9.00. The minimum Gasteiger partial charge on any atom is -0.467 e. The van der Waals surface area contributed by atoms with E-state index in [0.29, 0.717) is 27.9 Å². The summed E-state index contributed by atoms with van der Waals surface area (Å²) >= 11 is 0. The molecule has 0 unspecified atom stereocenters. The first-order valence-electron chi connectivity index (χ1n) is 9.00. The zero-order valence-corrected chi connectivity index (χ0v) is 16.2. The van der Waals surface area contributed by atoms with Crippen molar-refractivity contribution >= 4 is 28.7 Å². The summed E-state index contributed by atoms with van der Waals surface area (Å²) in [6.45, 7) is 1.39. The fraction of sp³-hybridized carbons (Fsp3) is 0.238. The molecule has 3 rings (SSSR count). The molecule has 0 aliphatic heterocycles. The highest BCUT2D eigenvalue weighted by Gasteiger charge is 2.18. The van der Waals surface area contributed by atoms with Gasteiger partial charge in [-0.3, -0.25) is 14.6 Å². The van der Waals surface area contributed by atoms with Crippen LogP contribution >= 0.6 is 0 Å². The number of likely N-dealkylation sites (N-methyl/N-ethyl adjacent to an activating group) is 1. The van der Waals surface area contributed by atoms with Crippen LogP contribution in [0.25, 0.3) is 10.9 Å². The second-order valence-electron chi connectivity index (χ2n) is 6.51. The maximum atomic E-state index is 12.5. The highest BCUT2D eigenvalue weighted by Crippen LogP contribution is 2.19. The van der Waals surface area contributed by atoms with Crippen molar-refractivity contribution in [2.24, 2.45) is 0 Å². The predicted octanol–water partition coefficient (Wildman–Crippen LogP) is 2.07. The smallest absolute Gasteiger partial charge is 0.339 e. The van der Waals surface area contributed by atoms with Crippen LogP contribution in [-0.2, 0) is 20.9 Å². The summed E-state index contributed by atoms with van der Waals surface area (Å²) in [5, 5.41) is 3.30. The summed E-state index contributed by atoms with van der Waals surface area (Å²) in [7, 11) is 1.47. The number of ether oxygens (including phenoxy) is 1. The van der Waals surface area contributed by atoms with Crippen molar-refractivity contribution in [3.05, 3.63) is 65.7 Å². The van der Waals surface area contributed by atoms with Gasteiger partial charge in [0.15, 0.2) is 6.61 Å². The van der Waals surface area contributed by atoms with Gasteiger partial charge >= 0.3 is 5.97 Å². The molecule has 0 aliphatic rings. The fourth-order valence-electron chi connectivity index (χ4n) is 2.75. The number of amides is 2. The third-order valence-corrected chi connectivity index (χ3v) is 4.24. The number of nitrogens with zero attached hydrogens (tertiary/aromatic N) is 2. The van der Waals surface area contributed by atoms with Gasteiger partial charge in [0.1, 0.15) is 5.76 Å². The van der Waals surface area contributed by atoms with Crippen LogP contribution in [0.3, 0.4) is 0 Å². The van der Waals surface area contributed by atoms with E-state index in [1.54, 1.807) is 43.3 Å². The lowest BCUT2D eigenvalue weighted by Crippen LogP contribution is -2.39. The van der Waals surface area contributed by atoms with Crippen LogP contribution in [0.15, 0.2) is 53.1 Å². The average Bonchev–Trinajstić information content (AvgIpc) is 3.23. The number of pyridine rings is 1. The number of para-hydroxylation sites is 1. The second-order valence-corrected chi connectivity index (χ2v) is 6.51. The molecule has 0 radical (unpaired) electrons. The standard InChI is InChI=1S/C21H21N3O5/c1-14-10-17(16-7-3-4-8-18(16)23-14)21(27)29-13-20(26)24(2)12-19(25)22-11-15-6-5-9-28-15/h3-10H,11-13H2,1-2H3,(H,22,25). The third kappa shape index (κ3) is 5.19. The van der Waals surface area contributed by atoms with Gasteiger partial charge in [-0.25, -0.2) is 4.79 Å². The summed E-state index contributed by atoms with van der Waals surface area (Å²) < 4.78 is 10.3. The Hall–Kier alpha value is -3.68. The van der Waals surface area contributed by atoms with E-state index in [2.05, 4.69) is 10.3 Å². The number of hydrogen-bond donors (Lipinski definition) is 1. The molecule has 2 heterocycles. The molecular formula is C21H21N3O5. The van der Waals surface area contributed by atoms with Gasteiger partial charge in [-0.15, -0.1) is 0 Å². The SMILES string of the molecule is Cc1cc(C(=O)OCC(=O)N(C)CC(=O)NCc2ccco2)c2ccccc2n1. The molecule has 0 fully saturated rings. The molecule has 0 saturated carbocycles. The highest BCUT2D eigenvalue weighted by atomic mass is 16.5. The van der Waals surface area contributed by atoms with Crippen molar-refractivity contribution in [3.8, 4) is 0 Å². The van der Waals surface area contributed by atoms with Gasteiger partial charge in [-0.1, -0.05) is 18.2 Å². The molecule has 2 aromatic heterocycles. The summed E-state index contributed by atoms with van der Waals surface area (Å²) in [5.41, 5.74) is 1.70. The lowest BCUT2D eigenvalue weighted by Gasteiger charge is -2.16. The van der Waals surface area contributed by atoms with E-state index < -0.39 is 18.5 Å². The van der Waals surface area contributed by atoms with Gasteiger partial charge in [0.05, 0.1) is 30.4 Å². The summed E-state index contributed by atoms with van der Waals surface area (Å²) in [5.74, 6) is -0.835. The van der Waals surface area contributed by atoms with Crippen LogP contribution in [0.4, 0.5) is 0 Å². The summed E-state index contributed by atoms with van der Waals surface area (Å²) in [6, 6.07) is 12.3. The summed E-state index contributed by atoms with van der Waals surface area (Å²) in [6.07, 6.45) is 1.51. The van der Waals surface area contributed by atoms with Crippen molar-refractivity contribution in [1.29, 1.82) is 0 Å². The van der Waals surface area contributed by atoms with Crippen LogP contribution in [-0.4, -0.2) is 47.9 Å². The first kappa shape index (κ1) is 20.1. The molecule has 29 heavy (non-hydrogen) atoms. The number of furan rings is 1. The number of fused-ring (bicyclic) bond motifs is 1. The number of carbonyl (C=O) groups is 3. The van der Waals surface area contributed by atoms with Crippen LogP contribution in [0.2, 0.25) is 0 Å². The number of esters is 1. The van der Waals surface area contributed by atoms with Gasteiger partial charge < -0.3 is 19.4 Å². The maximum Gasteiger partial charge on any atom is 0.339 e. The number of rotatable bonds is 7. The Morgan fingerprint density at radius 3 is 2.72 bits per heavy atom. The minimum atomic E-state index is -0.615. The number of nitrogens with one attached hydrogen (secondary N) is 1. The van der Waals surface area contributed by atoms with Gasteiger partial charge in [0, 0.05) is 18.1 Å². The van der Waals surface area contributed by atoms with E-state index in [-0.39, 0.29) is 19.0 Å². The fourth-order valence-corrected chi connectivity index (χ4v) is 2.75. The van der Waals surface area contributed by atoms with Crippen LogP contribution in [0.5, 0.6) is 0 Å². The molecule has 1 aromatic carbocycles. The number of carbonyl (C=O) groups excluding carboxylic acids is 3. The Morgan fingerprint density at radius 1 is 1.17 bits per heavy atom. The minimum absolute atomic E-state index is 0.158. The van der Waals surface area contributed by atoms with Gasteiger partial charge in [0.2, 0.25) is 5.91 Å². The van der Waals surface area contributed by atoms with Gasteiger partial charge in [-0.2, -0.15) is 0 Å². The van der Waals surface area contributed by atoms with E-state index in [0.717, 1.165) is 0 Å². The Morgan fingerprint density at radius 2 is 1.97 bits per heavy atom. The van der Waals surface area contributed by atoms with Crippen molar-refractivity contribution in [3.63, 3.8) is 0 Å². The van der Waals surface area contributed by atoms with Crippen molar-refractivity contribution in [2.75, 3.05) is 20.2 Å². The van der Waals surface area contributed by atoms with E-state index >= 15 is 0 Å².